The maximum absolute atomic E-state index is 12.7. The first-order valence-electron chi connectivity index (χ1n) is 4.87. The van der Waals surface area contributed by atoms with Crippen LogP contribution in [-0.2, 0) is 11.0 Å². The molecule has 0 saturated carbocycles. The molecule has 1 atom stereocenters. The van der Waals surface area contributed by atoms with E-state index in [1.165, 1.54) is 24.3 Å². The Kier molecular flexibility index (Phi) is 3.93. The van der Waals surface area contributed by atoms with Crippen LogP contribution in [-0.4, -0.2) is 11.1 Å². The van der Waals surface area contributed by atoms with Gasteiger partial charge in [0, 0.05) is 0 Å². The zero-order valence-electron chi connectivity index (χ0n) is 8.87. The van der Waals surface area contributed by atoms with Gasteiger partial charge in [0.2, 0.25) is 0 Å². The molecule has 0 heterocycles. The Morgan fingerprint density at radius 1 is 1.41 bits per heavy atom. The van der Waals surface area contributed by atoms with Gasteiger partial charge in [-0.05, 0) is 18.1 Å². The molecule has 0 amide bonds. The minimum absolute atomic E-state index is 0.0393. The summed E-state index contributed by atoms with van der Waals surface area (Å²) in [6.45, 7) is 3.36. The lowest BCUT2D eigenvalue weighted by Crippen LogP contribution is -2.17. The van der Waals surface area contributed by atoms with Gasteiger partial charge in [-0.3, -0.25) is 4.79 Å². The van der Waals surface area contributed by atoms with E-state index in [-0.39, 0.29) is 12.0 Å². The van der Waals surface area contributed by atoms with Gasteiger partial charge in [-0.1, -0.05) is 24.3 Å². The van der Waals surface area contributed by atoms with Crippen molar-refractivity contribution in [2.24, 2.45) is 0 Å². The Morgan fingerprint density at radius 3 is 2.47 bits per heavy atom. The predicted molar refractivity (Wildman–Crippen MR) is 56.6 cm³/mol. The summed E-state index contributed by atoms with van der Waals surface area (Å²) in [4.78, 5) is 11.0. The topological polar surface area (TPSA) is 37.3 Å². The van der Waals surface area contributed by atoms with E-state index in [1.807, 2.05) is 0 Å². The molecule has 0 fully saturated rings. The zero-order chi connectivity index (χ0) is 13.1. The van der Waals surface area contributed by atoms with Crippen LogP contribution in [0.15, 0.2) is 36.9 Å². The zero-order valence-corrected chi connectivity index (χ0v) is 8.87. The number of hydrogen-bond acceptors (Lipinski definition) is 1. The van der Waals surface area contributed by atoms with Gasteiger partial charge in [0.05, 0.1) is 11.5 Å². The van der Waals surface area contributed by atoms with E-state index in [9.17, 15) is 18.0 Å². The highest BCUT2D eigenvalue weighted by molar-refractivity contribution is 5.77. The largest absolute Gasteiger partial charge is 0.481 e. The van der Waals surface area contributed by atoms with Crippen molar-refractivity contribution in [3.05, 3.63) is 48.0 Å². The maximum Gasteiger partial charge on any atom is 0.416 e. The van der Waals surface area contributed by atoms with Crippen LogP contribution in [0.2, 0.25) is 0 Å². The Labute approximate surface area is 96.4 Å². The van der Waals surface area contributed by atoms with Crippen LogP contribution in [0, 0.1) is 0 Å². The second-order valence-corrected chi connectivity index (χ2v) is 3.50. The van der Waals surface area contributed by atoms with Crippen LogP contribution in [0.25, 0.3) is 0 Å². The van der Waals surface area contributed by atoms with E-state index >= 15 is 0 Å². The number of carbonyl (C=O) groups is 1. The van der Waals surface area contributed by atoms with Crippen molar-refractivity contribution in [3.63, 3.8) is 0 Å². The number of rotatable bonds is 4. The molecule has 5 heteroatoms. The third-order valence-corrected chi connectivity index (χ3v) is 2.34. The third kappa shape index (κ3) is 3.09. The molecule has 92 valence electrons. The summed E-state index contributed by atoms with van der Waals surface area (Å²) in [5.41, 5.74) is -1.14. The van der Waals surface area contributed by atoms with Crippen LogP contribution in [0.1, 0.15) is 23.5 Å². The lowest BCUT2D eigenvalue weighted by Gasteiger charge is -2.17. The first kappa shape index (κ1) is 13.3. The highest BCUT2D eigenvalue weighted by Crippen LogP contribution is 2.36. The molecule has 0 spiro atoms. The van der Waals surface area contributed by atoms with Crippen LogP contribution < -0.4 is 0 Å². The van der Waals surface area contributed by atoms with Crippen molar-refractivity contribution < 1.29 is 23.1 Å². The molecular formula is C12H11F3O2. The first-order valence-corrected chi connectivity index (χ1v) is 4.87. The van der Waals surface area contributed by atoms with E-state index in [4.69, 9.17) is 5.11 Å². The molecule has 0 aliphatic carbocycles. The highest BCUT2D eigenvalue weighted by Gasteiger charge is 2.36. The molecule has 2 nitrogen and oxygen atoms in total. The number of carboxylic acids is 1. The average Bonchev–Trinajstić information content (AvgIpc) is 2.24. The summed E-state index contributed by atoms with van der Waals surface area (Å²) in [5, 5.41) is 8.93. The first-order chi connectivity index (χ1) is 7.88. The molecule has 0 radical (unpaired) electrons. The Bertz CT molecular complexity index is 424. The van der Waals surface area contributed by atoms with E-state index < -0.39 is 23.6 Å². The number of aliphatic carboxylic acids is 1. The van der Waals surface area contributed by atoms with Gasteiger partial charge in [-0.2, -0.15) is 13.2 Å². The molecule has 1 unspecified atom stereocenters. The van der Waals surface area contributed by atoms with Gasteiger partial charge < -0.3 is 5.11 Å². The summed E-state index contributed by atoms with van der Waals surface area (Å²) >= 11 is 0. The minimum Gasteiger partial charge on any atom is -0.481 e. The number of hydrogen-bond donors (Lipinski definition) is 1. The normalized spacial score (nSPS) is 13.1. The second kappa shape index (κ2) is 5.03. The fourth-order valence-corrected chi connectivity index (χ4v) is 1.59. The van der Waals surface area contributed by atoms with Crippen LogP contribution in [0.5, 0.6) is 0 Å². The lowest BCUT2D eigenvalue weighted by atomic mass is 9.91. The Hall–Kier alpha value is -1.78. The van der Waals surface area contributed by atoms with Crippen molar-refractivity contribution in [2.45, 2.75) is 18.5 Å². The number of carboxylic acid groups (broad SMARTS) is 1. The molecule has 0 bridgehead atoms. The van der Waals surface area contributed by atoms with Gasteiger partial charge in [-0.15, -0.1) is 6.58 Å². The van der Waals surface area contributed by atoms with Crippen molar-refractivity contribution in [2.75, 3.05) is 0 Å². The molecule has 1 N–H and O–H groups in total. The summed E-state index contributed by atoms with van der Waals surface area (Å²) < 4.78 is 38.1. The van der Waals surface area contributed by atoms with E-state index in [1.54, 1.807) is 0 Å². The molecule has 0 saturated heterocycles. The molecule has 1 aromatic carbocycles. The van der Waals surface area contributed by atoms with E-state index in [2.05, 4.69) is 6.58 Å². The maximum atomic E-state index is 12.7. The summed E-state index contributed by atoms with van der Waals surface area (Å²) in [6.07, 6.45) is -3.29. The molecule has 0 aromatic heterocycles. The fourth-order valence-electron chi connectivity index (χ4n) is 1.59. The van der Waals surface area contributed by atoms with E-state index in [0.29, 0.717) is 0 Å². The van der Waals surface area contributed by atoms with Crippen molar-refractivity contribution in [1.29, 1.82) is 0 Å². The van der Waals surface area contributed by atoms with Crippen LogP contribution in [0.4, 0.5) is 13.2 Å². The summed E-state index contributed by atoms with van der Waals surface area (Å²) in [6, 6.07) is 4.70. The Morgan fingerprint density at radius 2 is 2.00 bits per heavy atom. The second-order valence-electron chi connectivity index (χ2n) is 3.50. The number of benzene rings is 1. The van der Waals surface area contributed by atoms with E-state index in [0.717, 1.165) is 6.07 Å². The molecule has 1 rings (SSSR count). The SMILES string of the molecule is C=CCC(C(=O)O)c1ccccc1C(F)(F)F. The van der Waals surface area contributed by atoms with Crippen molar-refractivity contribution in [1.82, 2.24) is 0 Å². The predicted octanol–water partition coefficient (Wildman–Crippen LogP) is 3.45. The smallest absolute Gasteiger partial charge is 0.416 e. The van der Waals surface area contributed by atoms with Crippen molar-refractivity contribution in [3.8, 4) is 0 Å². The van der Waals surface area contributed by atoms with Gasteiger partial charge in [0.25, 0.3) is 0 Å². The molecule has 0 aliphatic rings. The Balaban J connectivity index is 3.28. The minimum atomic E-state index is -4.55. The van der Waals surface area contributed by atoms with Gasteiger partial charge in [0.15, 0.2) is 0 Å². The van der Waals surface area contributed by atoms with Crippen molar-refractivity contribution >= 4 is 5.97 Å². The van der Waals surface area contributed by atoms with Crippen LogP contribution in [0.3, 0.4) is 0 Å². The van der Waals surface area contributed by atoms with Gasteiger partial charge in [0.1, 0.15) is 0 Å². The standard InChI is InChI=1S/C12H11F3O2/c1-2-5-9(11(16)17)8-6-3-4-7-10(8)12(13,14)15/h2-4,6-7,9H,1,5H2,(H,16,17). The van der Waals surface area contributed by atoms with Crippen LogP contribution >= 0.6 is 0 Å². The summed E-state index contributed by atoms with van der Waals surface area (Å²) in [7, 11) is 0. The number of alkyl halides is 3. The third-order valence-electron chi connectivity index (χ3n) is 2.34. The summed E-state index contributed by atoms with van der Waals surface area (Å²) in [5.74, 6) is -2.51. The van der Waals surface area contributed by atoms with Gasteiger partial charge in [-0.25, -0.2) is 0 Å². The molecule has 1 aromatic rings. The average molecular weight is 244 g/mol. The van der Waals surface area contributed by atoms with Gasteiger partial charge >= 0.3 is 12.1 Å². The number of halogens is 3. The monoisotopic (exact) mass is 244 g/mol. The highest BCUT2D eigenvalue weighted by atomic mass is 19.4. The molecule has 0 aliphatic heterocycles. The quantitative estimate of drug-likeness (QED) is 0.823. The molecule has 17 heavy (non-hydrogen) atoms. The lowest BCUT2D eigenvalue weighted by molar-refractivity contribution is -0.141. The molecular weight excluding hydrogens is 233 g/mol. The fraction of sp³-hybridized carbons (Fsp3) is 0.250. The number of allylic oxidation sites excluding steroid dienone is 1.